The van der Waals surface area contributed by atoms with E-state index in [2.05, 4.69) is 26.0 Å². The predicted molar refractivity (Wildman–Crippen MR) is 215 cm³/mol. The maximum absolute atomic E-state index is 12.7. The molecule has 52 heavy (non-hydrogen) atoms. The first-order valence-corrected chi connectivity index (χ1v) is 22.9. The molecule has 0 aliphatic rings. The number of nitrogens with zero attached hydrogens (tertiary/aromatic N) is 1. The molecule has 0 aromatic rings. The number of quaternary nitrogens is 1. The van der Waals surface area contributed by atoms with Crippen LogP contribution in [0, 0.1) is 0 Å². The summed E-state index contributed by atoms with van der Waals surface area (Å²) in [5, 5.41) is 0. The van der Waals surface area contributed by atoms with Crippen LogP contribution in [0.15, 0.2) is 12.2 Å². The summed E-state index contributed by atoms with van der Waals surface area (Å²) < 4.78 is 34.3. The van der Waals surface area contributed by atoms with E-state index in [9.17, 15) is 19.0 Å². The molecule has 0 saturated heterocycles. The number of hydrogen-bond donors (Lipinski definition) is 1. The zero-order valence-corrected chi connectivity index (χ0v) is 35.5. The molecule has 1 unspecified atom stereocenters. The number of carbonyl (C=O) groups is 2. The average molecular weight is 761 g/mol. The van der Waals surface area contributed by atoms with Crippen LogP contribution in [0.5, 0.6) is 0 Å². The van der Waals surface area contributed by atoms with Crippen molar-refractivity contribution in [3.63, 3.8) is 0 Å². The standard InChI is InChI=1S/C42H82NO8P/c1-6-8-10-12-14-16-18-20-21-23-25-27-29-31-33-35-42(45)51-40(39-50-52(46,47)49-37-36-43(3,4)5)38-48-41(44)34-32-30-28-26-24-22-19-17-15-13-11-9-7-2/h20-21,40H,6-19,22-39H2,1-5H3/p+1/t40-/m1/s1. The Balaban J connectivity index is 4.37. The van der Waals surface area contributed by atoms with Crippen LogP contribution >= 0.6 is 7.82 Å². The van der Waals surface area contributed by atoms with Crippen molar-refractivity contribution in [2.24, 2.45) is 0 Å². The van der Waals surface area contributed by atoms with Crippen molar-refractivity contribution in [2.75, 3.05) is 47.5 Å². The van der Waals surface area contributed by atoms with E-state index in [0.717, 1.165) is 51.4 Å². The number of carbonyl (C=O) groups excluding carboxylic acids is 2. The Kier molecular flexibility index (Phi) is 34.6. The summed E-state index contributed by atoms with van der Waals surface area (Å²) in [6.45, 7) is 4.42. The molecule has 0 aliphatic carbocycles. The highest BCUT2D eigenvalue weighted by Crippen LogP contribution is 2.43. The van der Waals surface area contributed by atoms with Gasteiger partial charge in [-0.15, -0.1) is 0 Å². The molecule has 9 nitrogen and oxygen atoms in total. The molecule has 0 rings (SSSR count). The molecule has 0 radical (unpaired) electrons. The van der Waals surface area contributed by atoms with Gasteiger partial charge < -0.3 is 18.9 Å². The van der Waals surface area contributed by atoms with Crippen molar-refractivity contribution < 1.29 is 42.1 Å². The van der Waals surface area contributed by atoms with Gasteiger partial charge in [0.1, 0.15) is 19.8 Å². The lowest BCUT2D eigenvalue weighted by Crippen LogP contribution is -2.37. The second kappa shape index (κ2) is 35.5. The quantitative estimate of drug-likeness (QED) is 0.0217. The second-order valence-corrected chi connectivity index (χ2v) is 17.2. The largest absolute Gasteiger partial charge is 0.472 e. The first-order chi connectivity index (χ1) is 25.0. The highest BCUT2D eigenvalue weighted by Gasteiger charge is 2.27. The van der Waals surface area contributed by atoms with Crippen molar-refractivity contribution in [2.45, 2.75) is 200 Å². The lowest BCUT2D eigenvalue weighted by atomic mass is 10.0. The summed E-state index contributed by atoms with van der Waals surface area (Å²) in [5.74, 6) is -0.801. The monoisotopic (exact) mass is 761 g/mol. The Morgan fingerprint density at radius 2 is 0.981 bits per heavy atom. The maximum Gasteiger partial charge on any atom is 0.472 e. The summed E-state index contributed by atoms with van der Waals surface area (Å²) in [5.41, 5.74) is 0. The van der Waals surface area contributed by atoms with Gasteiger partial charge in [-0.3, -0.25) is 18.6 Å². The molecule has 0 amide bonds. The van der Waals surface area contributed by atoms with Gasteiger partial charge in [0.2, 0.25) is 0 Å². The van der Waals surface area contributed by atoms with Crippen molar-refractivity contribution in [3.8, 4) is 0 Å². The molecule has 0 aromatic carbocycles. The smallest absolute Gasteiger partial charge is 0.462 e. The normalized spacial score (nSPS) is 13.7. The van der Waals surface area contributed by atoms with Gasteiger partial charge in [-0.25, -0.2) is 4.57 Å². The number of esters is 2. The van der Waals surface area contributed by atoms with E-state index in [-0.39, 0.29) is 25.6 Å². The Bertz CT molecular complexity index is 907. The summed E-state index contributed by atoms with van der Waals surface area (Å²) in [7, 11) is 1.48. The Hall–Kier alpha value is -1.25. The molecule has 0 heterocycles. The first-order valence-electron chi connectivity index (χ1n) is 21.4. The lowest BCUT2D eigenvalue weighted by molar-refractivity contribution is -0.870. The van der Waals surface area contributed by atoms with Gasteiger partial charge in [-0.2, -0.15) is 0 Å². The summed E-state index contributed by atoms with van der Waals surface area (Å²) in [6.07, 6.45) is 35.3. The number of hydrogen-bond acceptors (Lipinski definition) is 7. The minimum absolute atomic E-state index is 0.0331. The molecule has 0 fully saturated rings. The molecule has 308 valence electrons. The highest BCUT2D eigenvalue weighted by atomic mass is 31.2. The molecule has 0 saturated carbocycles. The lowest BCUT2D eigenvalue weighted by Gasteiger charge is -2.24. The zero-order chi connectivity index (χ0) is 38.6. The maximum atomic E-state index is 12.7. The number of ether oxygens (including phenoxy) is 2. The van der Waals surface area contributed by atoms with Crippen LogP contribution in [0.4, 0.5) is 0 Å². The molecule has 2 atom stereocenters. The van der Waals surface area contributed by atoms with E-state index in [1.807, 2.05) is 21.1 Å². The number of unbranched alkanes of at least 4 members (excludes halogenated alkanes) is 23. The molecule has 0 bridgehead atoms. The number of rotatable bonds is 39. The van der Waals surface area contributed by atoms with Crippen LogP contribution < -0.4 is 0 Å². The van der Waals surface area contributed by atoms with Crippen LogP contribution in [0.25, 0.3) is 0 Å². The number of phosphoric ester groups is 1. The van der Waals surface area contributed by atoms with E-state index in [1.165, 1.54) is 109 Å². The molecule has 0 aliphatic heterocycles. The second-order valence-electron chi connectivity index (χ2n) is 15.7. The SMILES string of the molecule is CCCCCCCCC=CCCCCCCCC(=O)O[C@H](COC(=O)CCCCCCCCCCCCCCC)COP(=O)(O)OCC[N+](C)(C)C. The predicted octanol–water partition coefficient (Wildman–Crippen LogP) is 11.8. The number of allylic oxidation sites excluding steroid dienone is 2. The van der Waals surface area contributed by atoms with Crippen molar-refractivity contribution in [1.29, 1.82) is 0 Å². The highest BCUT2D eigenvalue weighted by molar-refractivity contribution is 7.47. The van der Waals surface area contributed by atoms with E-state index in [0.29, 0.717) is 23.9 Å². The summed E-state index contributed by atoms with van der Waals surface area (Å²) in [4.78, 5) is 35.3. The first kappa shape index (κ1) is 50.8. The van der Waals surface area contributed by atoms with Gasteiger partial charge in [0.15, 0.2) is 6.10 Å². The van der Waals surface area contributed by atoms with E-state index in [4.69, 9.17) is 18.5 Å². The van der Waals surface area contributed by atoms with E-state index < -0.39 is 26.5 Å². The van der Waals surface area contributed by atoms with E-state index in [1.54, 1.807) is 0 Å². The van der Waals surface area contributed by atoms with Crippen LogP contribution in [0.1, 0.15) is 194 Å². The van der Waals surface area contributed by atoms with Crippen molar-refractivity contribution in [1.82, 2.24) is 0 Å². The fourth-order valence-electron chi connectivity index (χ4n) is 5.89. The topological polar surface area (TPSA) is 108 Å². The van der Waals surface area contributed by atoms with Gasteiger partial charge in [-0.05, 0) is 38.5 Å². The third-order valence-electron chi connectivity index (χ3n) is 9.30. The average Bonchev–Trinajstić information content (AvgIpc) is 3.09. The van der Waals surface area contributed by atoms with Crippen LogP contribution in [-0.4, -0.2) is 74.9 Å². The fraction of sp³-hybridized carbons (Fsp3) is 0.905. The summed E-state index contributed by atoms with van der Waals surface area (Å²) in [6, 6.07) is 0. The van der Waals surface area contributed by atoms with Crippen LogP contribution in [0.3, 0.4) is 0 Å². The minimum Gasteiger partial charge on any atom is -0.462 e. The molecular weight excluding hydrogens is 677 g/mol. The van der Waals surface area contributed by atoms with Gasteiger partial charge >= 0.3 is 19.8 Å². The Morgan fingerprint density at radius 3 is 1.42 bits per heavy atom. The fourth-order valence-corrected chi connectivity index (χ4v) is 6.63. The minimum atomic E-state index is -4.37. The van der Waals surface area contributed by atoms with Crippen LogP contribution in [0.2, 0.25) is 0 Å². The third kappa shape index (κ3) is 38.5. The van der Waals surface area contributed by atoms with Crippen molar-refractivity contribution in [3.05, 3.63) is 12.2 Å². The Morgan fingerprint density at radius 1 is 0.577 bits per heavy atom. The zero-order valence-electron chi connectivity index (χ0n) is 34.6. The Labute approximate surface area is 320 Å². The number of phosphoric acid groups is 1. The summed E-state index contributed by atoms with van der Waals surface area (Å²) >= 11 is 0. The molecule has 0 spiro atoms. The van der Waals surface area contributed by atoms with Crippen LogP contribution in [-0.2, 0) is 32.7 Å². The molecule has 1 N–H and O–H groups in total. The van der Waals surface area contributed by atoms with E-state index >= 15 is 0 Å². The molecular formula is C42H83NO8P+. The number of likely N-dealkylation sites (N-methyl/N-ethyl adjacent to an activating group) is 1. The molecule has 0 aromatic heterocycles. The van der Waals surface area contributed by atoms with Crippen molar-refractivity contribution >= 4 is 19.8 Å². The molecule has 10 heteroatoms. The van der Waals surface area contributed by atoms with Gasteiger partial charge in [-0.1, -0.05) is 154 Å². The van der Waals surface area contributed by atoms with Gasteiger partial charge in [0, 0.05) is 12.8 Å². The van der Waals surface area contributed by atoms with Gasteiger partial charge in [0.25, 0.3) is 0 Å². The third-order valence-corrected chi connectivity index (χ3v) is 10.3. The van der Waals surface area contributed by atoms with Gasteiger partial charge in [0.05, 0.1) is 27.7 Å².